The molecular weight excluding hydrogens is 186 g/mol. The van der Waals surface area contributed by atoms with Crippen molar-refractivity contribution in [3.63, 3.8) is 0 Å². The van der Waals surface area contributed by atoms with Crippen molar-refractivity contribution in [3.8, 4) is 0 Å². The maximum Gasteiger partial charge on any atom is 0.0689 e. The highest BCUT2D eigenvalue weighted by molar-refractivity contribution is 4.78. The summed E-state index contributed by atoms with van der Waals surface area (Å²) in [4.78, 5) is 2.36. The van der Waals surface area contributed by atoms with Crippen LogP contribution in [0.4, 0.5) is 0 Å². The first kappa shape index (κ1) is 13.0. The molecule has 3 atom stereocenters. The van der Waals surface area contributed by atoms with Gasteiger partial charge in [-0.05, 0) is 31.7 Å². The number of aliphatic hydroxyl groups excluding tert-OH is 1. The van der Waals surface area contributed by atoms with Gasteiger partial charge in [-0.15, -0.1) is 0 Å². The van der Waals surface area contributed by atoms with Gasteiger partial charge in [0.05, 0.1) is 6.10 Å². The summed E-state index contributed by atoms with van der Waals surface area (Å²) in [5.41, 5.74) is 0. The summed E-state index contributed by atoms with van der Waals surface area (Å²) >= 11 is 0. The van der Waals surface area contributed by atoms with Gasteiger partial charge in [0.15, 0.2) is 0 Å². The molecule has 3 unspecified atom stereocenters. The lowest BCUT2D eigenvalue weighted by Crippen LogP contribution is -2.41. The number of hydrogen-bond donors (Lipinski definition) is 1. The lowest BCUT2D eigenvalue weighted by molar-refractivity contribution is 0.0564. The molecule has 0 amide bonds. The van der Waals surface area contributed by atoms with Gasteiger partial charge < -0.3 is 10.0 Å². The quantitative estimate of drug-likeness (QED) is 0.775. The highest BCUT2D eigenvalue weighted by Crippen LogP contribution is 2.26. The Bertz CT molecular complexity index is 181. The Morgan fingerprint density at radius 2 is 2.00 bits per heavy atom. The van der Waals surface area contributed by atoms with Crippen LogP contribution in [0.1, 0.15) is 46.5 Å². The third-order valence-corrected chi connectivity index (χ3v) is 3.78. The predicted molar refractivity (Wildman–Crippen MR) is 64.9 cm³/mol. The van der Waals surface area contributed by atoms with E-state index in [2.05, 4.69) is 32.7 Å². The van der Waals surface area contributed by atoms with E-state index < -0.39 is 0 Å². The molecule has 0 aliphatic heterocycles. The average Bonchev–Trinajstić information content (AvgIpc) is 2.17. The van der Waals surface area contributed by atoms with Crippen molar-refractivity contribution in [2.24, 2.45) is 11.8 Å². The van der Waals surface area contributed by atoms with Gasteiger partial charge in [0.2, 0.25) is 0 Å². The molecule has 1 rings (SSSR count). The number of aliphatic hydroxyl groups is 1. The van der Waals surface area contributed by atoms with Crippen molar-refractivity contribution in [2.45, 2.75) is 58.6 Å². The smallest absolute Gasteiger partial charge is 0.0689 e. The van der Waals surface area contributed by atoms with Gasteiger partial charge in [-0.2, -0.15) is 0 Å². The van der Waals surface area contributed by atoms with E-state index in [1.165, 1.54) is 25.7 Å². The first-order valence-electron chi connectivity index (χ1n) is 6.39. The minimum absolute atomic E-state index is 0.174. The monoisotopic (exact) mass is 213 g/mol. The van der Waals surface area contributed by atoms with Crippen LogP contribution in [0.2, 0.25) is 0 Å². The molecule has 2 heteroatoms. The Morgan fingerprint density at radius 1 is 1.33 bits per heavy atom. The average molecular weight is 213 g/mol. The van der Waals surface area contributed by atoms with E-state index in [0.717, 1.165) is 12.5 Å². The van der Waals surface area contributed by atoms with Crippen LogP contribution in [0.3, 0.4) is 0 Å². The Kier molecular flexibility index (Phi) is 5.07. The summed E-state index contributed by atoms with van der Waals surface area (Å²) in [7, 11) is 2.16. The van der Waals surface area contributed by atoms with E-state index >= 15 is 0 Å². The molecule has 0 saturated heterocycles. The Hall–Kier alpha value is -0.0800. The molecule has 0 aromatic rings. The van der Waals surface area contributed by atoms with Gasteiger partial charge in [-0.1, -0.05) is 33.6 Å². The van der Waals surface area contributed by atoms with Crippen LogP contribution in [0.25, 0.3) is 0 Å². The van der Waals surface area contributed by atoms with Gasteiger partial charge in [0, 0.05) is 12.6 Å². The largest absolute Gasteiger partial charge is 0.392 e. The molecule has 0 spiro atoms. The number of nitrogens with zero attached hydrogens (tertiary/aromatic N) is 1. The number of hydrogen-bond acceptors (Lipinski definition) is 2. The zero-order valence-electron chi connectivity index (χ0n) is 10.7. The van der Waals surface area contributed by atoms with E-state index in [0.29, 0.717) is 12.0 Å². The maximum absolute atomic E-state index is 9.85. The van der Waals surface area contributed by atoms with Crippen LogP contribution in [0, 0.1) is 11.8 Å². The molecule has 1 aliphatic carbocycles. The lowest BCUT2D eigenvalue weighted by Gasteiger charge is -2.35. The first-order valence-corrected chi connectivity index (χ1v) is 6.39. The predicted octanol–water partition coefficient (Wildman–Crippen LogP) is 2.51. The third kappa shape index (κ3) is 4.12. The van der Waals surface area contributed by atoms with E-state index in [1.807, 2.05) is 0 Å². The van der Waals surface area contributed by atoms with Gasteiger partial charge in [-0.3, -0.25) is 0 Å². The topological polar surface area (TPSA) is 23.5 Å². The molecule has 0 aromatic carbocycles. The summed E-state index contributed by atoms with van der Waals surface area (Å²) < 4.78 is 0. The van der Waals surface area contributed by atoms with Crippen molar-refractivity contribution in [3.05, 3.63) is 0 Å². The van der Waals surface area contributed by atoms with Crippen LogP contribution < -0.4 is 0 Å². The Balaban J connectivity index is 2.35. The minimum Gasteiger partial charge on any atom is -0.392 e. The fraction of sp³-hybridized carbons (Fsp3) is 1.00. The number of rotatable bonds is 4. The molecule has 2 nitrogen and oxygen atoms in total. The van der Waals surface area contributed by atoms with Crippen LogP contribution in [0.15, 0.2) is 0 Å². The second kappa shape index (κ2) is 5.86. The van der Waals surface area contributed by atoms with Crippen molar-refractivity contribution in [1.82, 2.24) is 4.90 Å². The molecule has 1 saturated carbocycles. The lowest BCUT2D eigenvalue weighted by atomic mass is 9.86. The minimum atomic E-state index is -0.174. The highest BCUT2D eigenvalue weighted by Gasteiger charge is 2.24. The summed E-state index contributed by atoms with van der Waals surface area (Å²) in [6, 6.07) is 0.696. The molecular formula is C13H27NO. The maximum atomic E-state index is 9.85. The van der Waals surface area contributed by atoms with Crippen molar-refractivity contribution in [2.75, 3.05) is 13.6 Å². The fourth-order valence-corrected chi connectivity index (χ4v) is 2.46. The molecule has 0 radical (unpaired) electrons. The molecule has 0 bridgehead atoms. The van der Waals surface area contributed by atoms with Crippen LogP contribution in [-0.2, 0) is 0 Å². The normalized spacial score (nSPS) is 29.8. The van der Waals surface area contributed by atoms with E-state index in [4.69, 9.17) is 0 Å². The first-order chi connectivity index (χ1) is 7.00. The van der Waals surface area contributed by atoms with Crippen molar-refractivity contribution < 1.29 is 5.11 Å². The third-order valence-electron chi connectivity index (χ3n) is 3.78. The zero-order valence-corrected chi connectivity index (χ0v) is 10.7. The second-order valence-electron chi connectivity index (χ2n) is 5.68. The standard InChI is InChI=1S/C13H27NO/c1-10(2)13(15)9-14(4)12-7-5-6-11(3)8-12/h10-13,15H,5-9H2,1-4H3. The van der Waals surface area contributed by atoms with E-state index in [1.54, 1.807) is 0 Å². The van der Waals surface area contributed by atoms with Gasteiger partial charge >= 0.3 is 0 Å². The summed E-state index contributed by atoms with van der Waals surface area (Å²) in [5.74, 6) is 1.23. The summed E-state index contributed by atoms with van der Waals surface area (Å²) in [6.45, 7) is 7.35. The summed E-state index contributed by atoms with van der Waals surface area (Å²) in [5, 5.41) is 9.85. The molecule has 15 heavy (non-hydrogen) atoms. The molecule has 1 N–H and O–H groups in total. The summed E-state index contributed by atoms with van der Waals surface area (Å²) in [6.07, 6.45) is 5.19. The van der Waals surface area contributed by atoms with Crippen LogP contribution in [-0.4, -0.2) is 35.7 Å². The van der Waals surface area contributed by atoms with Gasteiger partial charge in [-0.25, -0.2) is 0 Å². The van der Waals surface area contributed by atoms with Crippen LogP contribution in [0.5, 0.6) is 0 Å². The van der Waals surface area contributed by atoms with Gasteiger partial charge in [0.1, 0.15) is 0 Å². The highest BCUT2D eigenvalue weighted by atomic mass is 16.3. The molecule has 90 valence electrons. The van der Waals surface area contributed by atoms with E-state index in [-0.39, 0.29) is 6.10 Å². The SMILES string of the molecule is CC1CCCC(N(C)CC(O)C(C)C)C1. The molecule has 0 aromatic heterocycles. The van der Waals surface area contributed by atoms with Gasteiger partial charge in [0.25, 0.3) is 0 Å². The molecule has 1 fully saturated rings. The fourth-order valence-electron chi connectivity index (χ4n) is 2.46. The van der Waals surface area contributed by atoms with E-state index in [9.17, 15) is 5.11 Å². The number of likely N-dealkylation sites (N-methyl/N-ethyl adjacent to an activating group) is 1. The molecule has 0 heterocycles. The zero-order chi connectivity index (χ0) is 11.4. The Morgan fingerprint density at radius 3 is 2.53 bits per heavy atom. The second-order valence-corrected chi connectivity index (χ2v) is 5.68. The molecule has 1 aliphatic rings. The van der Waals surface area contributed by atoms with Crippen LogP contribution >= 0.6 is 0 Å². The Labute approximate surface area is 94.7 Å². The van der Waals surface area contributed by atoms with Crippen molar-refractivity contribution in [1.29, 1.82) is 0 Å². The van der Waals surface area contributed by atoms with Crippen molar-refractivity contribution >= 4 is 0 Å².